The van der Waals surface area contributed by atoms with Crippen molar-refractivity contribution in [3.05, 3.63) is 0 Å². The van der Waals surface area contributed by atoms with Crippen LogP contribution in [0.4, 0.5) is 0 Å². The standard InChI is InChI=1S/C12H23NO3/c1-10(2)16-9-5-8-13-12(15)7-4-6-11(3)14/h10H,4-9H2,1-3H3,(H,13,15). The Bertz CT molecular complexity index is 214. The average molecular weight is 229 g/mol. The highest BCUT2D eigenvalue weighted by atomic mass is 16.5. The van der Waals surface area contributed by atoms with Crippen molar-refractivity contribution in [1.29, 1.82) is 0 Å². The lowest BCUT2D eigenvalue weighted by molar-refractivity contribution is -0.121. The predicted octanol–water partition coefficient (Wildman–Crippen LogP) is 1.68. The SMILES string of the molecule is CC(=O)CCCC(=O)NCCCOC(C)C. The van der Waals surface area contributed by atoms with Gasteiger partial charge in [-0.3, -0.25) is 4.79 Å². The highest BCUT2D eigenvalue weighted by Crippen LogP contribution is 1.96. The van der Waals surface area contributed by atoms with Crippen LogP contribution in [0.15, 0.2) is 0 Å². The van der Waals surface area contributed by atoms with Crippen molar-refractivity contribution >= 4 is 11.7 Å². The van der Waals surface area contributed by atoms with Crippen LogP contribution in [0, 0.1) is 0 Å². The van der Waals surface area contributed by atoms with Gasteiger partial charge in [0.2, 0.25) is 5.91 Å². The Labute approximate surface area is 97.7 Å². The van der Waals surface area contributed by atoms with E-state index in [0.717, 1.165) is 6.42 Å². The van der Waals surface area contributed by atoms with E-state index in [9.17, 15) is 9.59 Å². The number of amides is 1. The van der Waals surface area contributed by atoms with E-state index >= 15 is 0 Å². The van der Waals surface area contributed by atoms with E-state index in [0.29, 0.717) is 32.4 Å². The van der Waals surface area contributed by atoms with E-state index in [1.54, 1.807) is 6.92 Å². The lowest BCUT2D eigenvalue weighted by Crippen LogP contribution is -2.25. The predicted molar refractivity (Wildman–Crippen MR) is 63.2 cm³/mol. The van der Waals surface area contributed by atoms with Crippen molar-refractivity contribution in [1.82, 2.24) is 5.32 Å². The molecule has 0 rings (SSSR count). The van der Waals surface area contributed by atoms with Crippen LogP contribution in [-0.4, -0.2) is 30.9 Å². The Kier molecular flexibility index (Phi) is 8.81. The number of Topliss-reactive ketones (excluding diaryl/α,β-unsaturated/α-hetero) is 1. The summed E-state index contributed by atoms with van der Waals surface area (Å²) in [5.74, 6) is 0.156. The molecule has 0 saturated heterocycles. The van der Waals surface area contributed by atoms with Gasteiger partial charge in [0.15, 0.2) is 0 Å². The second-order valence-electron chi connectivity index (χ2n) is 4.18. The molecule has 4 heteroatoms. The van der Waals surface area contributed by atoms with Gasteiger partial charge in [-0.25, -0.2) is 0 Å². The van der Waals surface area contributed by atoms with Crippen molar-refractivity contribution in [2.24, 2.45) is 0 Å². The molecular formula is C12H23NO3. The van der Waals surface area contributed by atoms with Gasteiger partial charge >= 0.3 is 0 Å². The van der Waals surface area contributed by atoms with Gasteiger partial charge in [0.1, 0.15) is 5.78 Å². The summed E-state index contributed by atoms with van der Waals surface area (Å²) in [6, 6.07) is 0. The average Bonchev–Trinajstić information content (AvgIpc) is 2.16. The number of rotatable bonds is 9. The summed E-state index contributed by atoms with van der Waals surface area (Å²) in [6.07, 6.45) is 2.64. The van der Waals surface area contributed by atoms with E-state index in [4.69, 9.17) is 4.74 Å². The molecule has 0 unspecified atom stereocenters. The minimum Gasteiger partial charge on any atom is -0.379 e. The van der Waals surface area contributed by atoms with Crippen LogP contribution in [0.2, 0.25) is 0 Å². The fraction of sp³-hybridized carbons (Fsp3) is 0.833. The Morgan fingerprint density at radius 1 is 1.19 bits per heavy atom. The summed E-state index contributed by atoms with van der Waals surface area (Å²) < 4.78 is 5.34. The summed E-state index contributed by atoms with van der Waals surface area (Å²) >= 11 is 0. The number of ketones is 1. The van der Waals surface area contributed by atoms with Crippen molar-refractivity contribution in [2.45, 2.75) is 52.6 Å². The first-order chi connectivity index (χ1) is 7.52. The smallest absolute Gasteiger partial charge is 0.220 e. The van der Waals surface area contributed by atoms with E-state index < -0.39 is 0 Å². The van der Waals surface area contributed by atoms with Crippen LogP contribution in [0.3, 0.4) is 0 Å². The number of nitrogens with one attached hydrogen (secondary N) is 1. The van der Waals surface area contributed by atoms with Gasteiger partial charge in [0, 0.05) is 26.0 Å². The molecule has 0 aliphatic carbocycles. The van der Waals surface area contributed by atoms with Gasteiger partial charge in [0.05, 0.1) is 6.10 Å². The van der Waals surface area contributed by atoms with Gasteiger partial charge in [-0.05, 0) is 33.6 Å². The van der Waals surface area contributed by atoms with Crippen LogP contribution < -0.4 is 5.32 Å². The molecule has 0 bridgehead atoms. The molecule has 4 nitrogen and oxygen atoms in total. The molecule has 0 aliphatic rings. The van der Waals surface area contributed by atoms with Gasteiger partial charge in [-0.2, -0.15) is 0 Å². The Hall–Kier alpha value is -0.900. The number of carbonyl (C=O) groups is 2. The molecule has 0 radical (unpaired) electrons. The third-order valence-electron chi connectivity index (χ3n) is 2.03. The molecule has 0 aliphatic heterocycles. The first-order valence-electron chi connectivity index (χ1n) is 5.90. The molecule has 0 saturated carbocycles. The lowest BCUT2D eigenvalue weighted by Gasteiger charge is -2.08. The number of hydrogen-bond acceptors (Lipinski definition) is 3. The summed E-state index contributed by atoms with van der Waals surface area (Å²) in [5, 5.41) is 2.80. The molecule has 0 aromatic carbocycles. The van der Waals surface area contributed by atoms with Gasteiger partial charge < -0.3 is 14.8 Å². The van der Waals surface area contributed by atoms with E-state index in [-0.39, 0.29) is 17.8 Å². The maximum atomic E-state index is 11.3. The van der Waals surface area contributed by atoms with Gasteiger partial charge in [-0.1, -0.05) is 0 Å². The van der Waals surface area contributed by atoms with Crippen molar-refractivity contribution in [3.8, 4) is 0 Å². The van der Waals surface area contributed by atoms with Crippen molar-refractivity contribution in [3.63, 3.8) is 0 Å². The second-order valence-corrected chi connectivity index (χ2v) is 4.18. The van der Waals surface area contributed by atoms with Crippen LogP contribution in [0.1, 0.15) is 46.5 Å². The van der Waals surface area contributed by atoms with E-state index in [2.05, 4.69) is 5.32 Å². The second kappa shape index (κ2) is 9.33. The third-order valence-corrected chi connectivity index (χ3v) is 2.03. The largest absolute Gasteiger partial charge is 0.379 e. The molecule has 94 valence electrons. The summed E-state index contributed by atoms with van der Waals surface area (Å²) in [7, 11) is 0. The normalized spacial score (nSPS) is 10.5. The van der Waals surface area contributed by atoms with Crippen molar-refractivity contribution < 1.29 is 14.3 Å². The van der Waals surface area contributed by atoms with Crippen LogP contribution in [0.25, 0.3) is 0 Å². The maximum absolute atomic E-state index is 11.3. The van der Waals surface area contributed by atoms with Crippen LogP contribution in [0.5, 0.6) is 0 Å². The zero-order chi connectivity index (χ0) is 12.4. The first-order valence-corrected chi connectivity index (χ1v) is 5.90. The van der Waals surface area contributed by atoms with Gasteiger partial charge in [0.25, 0.3) is 0 Å². The van der Waals surface area contributed by atoms with Gasteiger partial charge in [-0.15, -0.1) is 0 Å². The Morgan fingerprint density at radius 3 is 2.44 bits per heavy atom. The first kappa shape index (κ1) is 15.1. The lowest BCUT2D eigenvalue weighted by atomic mass is 10.2. The minimum absolute atomic E-state index is 0.0193. The molecular weight excluding hydrogens is 206 g/mol. The topological polar surface area (TPSA) is 55.4 Å². The van der Waals surface area contributed by atoms with Crippen molar-refractivity contribution in [2.75, 3.05) is 13.2 Å². The third kappa shape index (κ3) is 11.2. The van der Waals surface area contributed by atoms with E-state index in [1.807, 2.05) is 13.8 Å². The summed E-state index contributed by atoms with van der Waals surface area (Å²) in [4.78, 5) is 21.9. The molecule has 0 aromatic rings. The Morgan fingerprint density at radius 2 is 1.88 bits per heavy atom. The quantitative estimate of drug-likeness (QED) is 0.612. The van der Waals surface area contributed by atoms with Crippen LogP contribution >= 0.6 is 0 Å². The molecule has 0 spiro atoms. The Balaban J connectivity index is 3.27. The maximum Gasteiger partial charge on any atom is 0.220 e. The number of hydrogen-bond donors (Lipinski definition) is 1. The molecule has 0 atom stereocenters. The zero-order valence-electron chi connectivity index (χ0n) is 10.5. The monoisotopic (exact) mass is 229 g/mol. The number of ether oxygens (including phenoxy) is 1. The van der Waals surface area contributed by atoms with Crippen LogP contribution in [-0.2, 0) is 14.3 Å². The molecule has 0 aromatic heterocycles. The summed E-state index contributed by atoms with van der Waals surface area (Å²) in [5.41, 5.74) is 0. The fourth-order valence-corrected chi connectivity index (χ4v) is 1.21. The molecule has 16 heavy (non-hydrogen) atoms. The molecule has 0 fully saturated rings. The zero-order valence-corrected chi connectivity index (χ0v) is 10.5. The fourth-order valence-electron chi connectivity index (χ4n) is 1.21. The van der Waals surface area contributed by atoms with E-state index in [1.165, 1.54) is 0 Å². The minimum atomic E-state index is 0.0193. The highest BCUT2D eigenvalue weighted by Gasteiger charge is 2.01. The summed E-state index contributed by atoms with van der Waals surface area (Å²) in [6.45, 7) is 6.83. The highest BCUT2D eigenvalue weighted by molar-refractivity contribution is 5.78. The molecule has 0 heterocycles. The molecule has 1 N–H and O–H groups in total. The molecule has 1 amide bonds. The number of carbonyl (C=O) groups excluding carboxylic acids is 2.